The number of rotatable bonds is 3. The predicted molar refractivity (Wildman–Crippen MR) is 114 cm³/mol. The summed E-state index contributed by atoms with van der Waals surface area (Å²) in [5.74, 6) is -0.303. The van der Waals surface area contributed by atoms with Gasteiger partial charge in [-0.1, -0.05) is 49.1 Å². The zero-order chi connectivity index (χ0) is 30.2. The van der Waals surface area contributed by atoms with Crippen LogP contribution in [0.5, 0.6) is 0 Å². The molecule has 1 aliphatic rings. The average Bonchev–Trinajstić information content (AvgIpc) is 3.18. The van der Waals surface area contributed by atoms with E-state index < -0.39 is 49.9 Å². The lowest BCUT2D eigenvalue weighted by Gasteiger charge is -2.38. The highest BCUT2D eigenvalue weighted by Crippen LogP contribution is 2.39. The summed E-state index contributed by atoms with van der Waals surface area (Å²) >= 11 is 0. The summed E-state index contributed by atoms with van der Waals surface area (Å²) in [6, 6.07) is -1.49. The third-order valence-electron chi connectivity index (χ3n) is 4.50. The topological polar surface area (TPSA) is 6.48 Å². The smallest absolute Gasteiger partial charge is 0.112 e. The van der Waals surface area contributed by atoms with E-state index in [1.54, 1.807) is 24.9 Å². The van der Waals surface area contributed by atoms with Crippen LogP contribution in [0.3, 0.4) is 0 Å². The van der Waals surface area contributed by atoms with Crippen LogP contribution in [-0.2, 0) is 0 Å². The van der Waals surface area contributed by atoms with Crippen molar-refractivity contribution in [2.45, 2.75) is 61.3 Å². The van der Waals surface area contributed by atoms with Gasteiger partial charge in [0.25, 0.3) is 0 Å². The molecule has 0 bridgehead atoms. The third kappa shape index (κ3) is 3.13. The molecule has 0 aromatic heterocycles. The van der Waals surface area contributed by atoms with Gasteiger partial charge in [0, 0.05) is 36.1 Å². The van der Waals surface area contributed by atoms with Crippen LogP contribution in [-0.4, -0.2) is 6.17 Å². The first-order valence-electron chi connectivity index (χ1n) is 15.1. The molecule has 2 aromatic carbocycles. The first-order chi connectivity index (χ1) is 17.5. The molecule has 0 fully saturated rings. The minimum Gasteiger partial charge on any atom is -0.325 e. The highest BCUT2D eigenvalue weighted by Gasteiger charge is 2.33. The number of hydrogen-bond donors (Lipinski definition) is 0. The highest BCUT2D eigenvalue weighted by molar-refractivity contribution is 5.70. The van der Waals surface area contributed by atoms with Gasteiger partial charge in [-0.2, -0.15) is 0 Å². The van der Waals surface area contributed by atoms with Crippen LogP contribution < -0.4 is 9.80 Å². The van der Waals surface area contributed by atoms with E-state index in [0.717, 1.165) is 0 Å². The summed E-state index contributed by atoms with van der Waals surface area (Å²) in [5, 5.41) is 0. The second-order valence-corrected chi connectivity index (χ2v) is 6.97. The van der Waals surface area contributed by atoms with Gasteiger partial charge in [-0.05, 0) is 69.5 Å². The molecule has 0 saturated carbocycles. The number of anilines is 2. The molecule has 0 aliphatic carbocycles. The van der Waals surface area contributed by atoms with Gasteiger partial charge in [0.1, 0.15) is 6.17 Å². The third-order valence-corrected chi connectivity index (χ3v) is 4.50. The van der Waals surface area contributed by atoms with Crippen molar-refractivity contribution in [3.8, 4) is 0 Å². The van der Waals surface area contributed by atoms with Crippen molar-refractivity contribution in [1.82, 2.24) is 0 Å². The van der Waals surface area contributed by atoms with Gasteiger partial charge in [0.2, 0.25) is 0 Å². The Kier molecular flexibility index (Phi) is 2.16. The van der Waals surface area contributed by atoms with E-state index in [9.17, 15) is 0 Å². The quantitative estimate of drug-likeness (QED) is 0.631. The molecule has 2 aromatic rings. The maximum Gasteiger partial charge on any atom is 0.112 e. The van der Waals surface area contributed by atoms with Crippen LogP contribution in [0.4, 0.5) is 11.4 Å². The van der Waals surface area contributed by atoms with Gasteiger partial charge >= 0.3 is 0 Å². The van der Waals surface area contributed by atoms with Gasteiger partial charge < -0.3 is 9.80 Å². The molecular weight excluding hydrogens is 316 g/mol. The fraction of sp³-hybridized carbons (Fsp3) is 0.417. The number of benzene rings is 2. The molecule has 0 saturated heterocycles. The van der Waals surface area contributed by atoms with Crippen LogP contribution in [0.1, 0.15) is 65.0 Å². The van der Waals surface area contributed by atoms with Crippen molar-refractivity contribution in [1.29, 1.82) is 0 Å². The zero-order valence-corrected chi connectivity index (χ0v) is 15.7. The van der Waals surface area contributed by atoms with Gasteiger partial charge in [-0.15, -0.1) is 0 Å². The first kappa shape index (κ1) is 8.21. The number of hydrogen-bond acceptors (Lipinski definition) is 2. The zero-order valence-electron chi connectivity index (χ0n) is 28.7. The summed E-state index contributed by atoms with van der Waals surface area (Å²) in [7, 11) is 0. The Morgan fingerprint density at radius 3 is 1.65 bits per heavy atom. The van der Waals surface area contributed by atoms with Gasteiger partial charge in [0.15, 0.2) is 0 Å². The summed E-state index contributed by atoms with van der Waals surface area (Å²) in [5.41, 5.74) is -0.670. The molecule has 26 heavy (non-hydrogen) atoms. The Morgan fingerprint density at radius 2 is 1.23 bits per heavy atom. The van der Waals surface area contributed by atoms with Crippen LogP contribution in [0.25, 0.3) is 0 Å². The standard InChI is InChI=1S/C24H32N2/c1-15(2)24-25(22-18(5)11-16(3)12-19(22)6)9-10-26(24)23-20(7)13-17(4)14-21(23)8/h9-15,24H,1-8H3/i3D3,7D3,8D3,11D,12D,13D,14D. The van der Waals surface area contributed by atoms with Crippen molar-refractivity contribution < 1.29 is 17.8 Å². The lowest BCUT2D eigenvalue weighted by Crippen LogP contribution is -2.44. The molecule has 2 nitrogen and oxygen atoms in total. The molecule has 1 atom stereocenters. The van der Waals surface area contributed by atoms with Crippen LogP contribution in [0.15, 0.2) is 36.6 Å². The van der Waals surface area contributed by atoms with Crippen molar-refractivity contribution in [2.24, 2.45) is 5.92 Å². The second kappa shape index (κ2) is 6.83. The molecule has 1 unspecified atom stereocenters. The monoisotopic (exact) mass is 361 g/mol. The Morgan fingerprint density at radius 1 is 0.769 bits per heavy atom. The minimum atomic E-state index is -2.87. The Bertz CT molecular complexity index is 1260. The van der Waals surface area contributed by atoms with Gasteiger partial charge in [-0.3, -0.25) is 0 Å². The predicted octanol–water partition coefficient (Wildman–Crippen LogP) is 6.32. The normalized spacial score (nSPS) is 25.6. The fourth-order valence-corrected chi connectivity index (χ4v) is 3.61. The molecule has 3 rings (SSSR count). The molecule has 1 heterocycles. The summed E-state index contributed by atoms with van der Waals surface area (Å²) in [6.45, 7) is -0.265. The molecular formula is C24H32N2. The van der Waals surface area contributed by atoms with Crippen LogP contribution in [0, 0.1) is 47.2 Å². The molecule has 0 N–H and O–H groups in total. The van der Waals surface area contributed by atoms with E-state index in [1.807, 2.05) is 13.8 Å². The van der Waals surface area contributed by atoms with E-state index in [4.69, 9.17) is 17.8 Å². The van der Waals surface area contributed by atoms with Gasteiger partial charge in [0.05, 0.1) is 5.48 Å². The fourth-order valence-electron chi connectivity index (χ4n) is 3.61. The molecule has 1 aliphatic heterocycles. The summed E-state index contributed by atoms with van der Waals surface area (Å²) in [6.07, 6.45) is 2.26. The average molecular weight is 362 g/mol. The molecule has 2 heteroatoms. The van der Waals surface area contributed by atoms with Crippen molar-refractivity contribution >= 4 is 11.4 Å². The summed E-state index contributed by atoms with van der Waals surface area (Å²) in [4.78, 5) is 3.11. The van der Waals surface area contributed by atoms with E-state index >= 15 is 0 Å². The Hall–Kier alpha value is -2.22. The second-order valence-electron chi connectivity index (χ2n) is 6.97. The highest BCUT2D eigenvalue weighted by atomic mass is 15.4. The molecule has 0 amide bonds. The summed E-state index contributed by atoms with van der Waals surface area (Å²) < 4.78 is 107. The number of nitrogens with zero attached hydrogens (tertiary/aromatic N) is 2. The van der Waals surface area contributed by atoms with Crippen LogP contribution >= 0.6 is 0 Å². The van der Waals surface area contributed by atoms with E-state index in [2.05, 4.69) is 0 Å². The largest absolute Gasteiger partial charge is 0.325 e. The lowest BCUT2D eigenvalue weighted by molar-refractivity contribution is 0.499. The maximum absolute atomic E-state index is 8.56. The first-order valence-corrected chi connectivity index (χ1v) is 8.55. The lowest BCUT2D eigenvalue weighted by atomic mass is 10.00. The molecule has 138 valence electrons. The Balaban J connectivity index is 2.40. The molecule has 0 spiro atoms. The van der Waals surface area contributed by atoms with Crippen molar-refractivity contribution in [2.75, 3.05) is 9.80 Å². The Labute approximate surface area is 177 Å². The minimum absolute atomic E-state index is 0.0539. The SMILES string of the molecule is [2H]c1c(C)c(N2C=CN(c3c(C([2H])([2H])[2H])c([2H])c(C)c([2H])c3C([2H])([2H])[2H])C2C(C)C)c(C)c([2H])c1C([2H])([2H])[2H]. The molecule has 0 radical (unpaired) electrons. The van der Waals surface area contributed by atoms with Gasteiger partial charge in [-0.25, -0.2) is 0 Å². The van der Waals surface area contributed by atoms with Crippen molar-refractivity contribution in [3.63, 3.8) is 0 Å². The van der Waals surface area contributed by atoms with E-state index in [0.29, 0.717) is 16.8 Å². The van der Waals surface area contributed by atoms with Crippen LogP contribution in [0.2, 0.25) is 0 Å². The van der Waals surface area contributed by atoms with Crippen molar-refractivity contribution in [3.05, 3.63) is 70.0 Å². The maximum atomic E-state index is 8.56. The van der Waals surface area contributed by atoms with E-state index in [1.165, 1.54) is 18.0 Å². The van der Waals surface area contributed by atoms with E-state index in [-0.39, 0.29) is 34.8 Å².